The number of sulfonamides is 1. The number of nitrogens with one attached hydrogen (secondary N) is 3. The predicted octanol–water partition coefficient (Wildman–Crippen LogP) is 1.94. The number of rotatable bonds is 13. The second kappa shape index (κ2) is 14.6. The molecular weight excluding hydrogens is 683 g/mol. The lowest BCUT2D eigenvalue weighted by Crippen LogP contribution is -2.62. The van der Waals surface area contributed by atoms with Crippen molar-refractivity contribution < 1.29 is 32.4 Å². The van der Waals surface area contributed by atoms with Crippen LogP contribution in [-0.2, 0) is 29.2 Å². The molecule has 14 nitrogen and oxygen atoms in total. The second-order valence-corrected chi connectivity index (χ2v) is 19.6. The molecule has 0 spiro atoms. The molecule has 1 saturated heterocycles. The van der Waals surface area contributed by atoms with Crippen LogP contribution in [-0.4, -0.2) is 96.4 Å². The Kier molecular flexibility index (Phi) is 11.9. The zero-order valence-electron chi connectivity index (χ0n) is 31.0. The SMILES string of the molecule is C#CCCC(NC(=O)[C@@H]1[C@@H]2[C@H](CN1C(=O)[C@@H](NC(=O)N[C@H](CN(C)S(=O)(=O)c1sc(C)nc1C)C(C)(C)C)C(C)(C)C)C2(C)C)C(=O)C(N)=O. The minimum absolute atomic E-state index is 0.00127. The van der Waals surface area contributed by atoms with Gasteiger partial charge in [-0.25, -0.2) is 18.2 Å². The number of likely N-dealkylation sites (tertiary alicyclic amines) is 1. The summed E-state index contributed by atoms with van der Waals surface area (Å²) in [5.74, 6) is -1.10. The molecule has 1 unspecified atom stereocenters. The van der Waals surface area contributed by atoms with Crippen LogP contribution >= 0.6 is 11.3 Å². The maximum atomic E-state index is 14.3. The van der Waals surface area contributed by atoms with Crippen molar-refractivity contribution in [2.24, 2.45) is 33.8 Å². The first-order valence-electron chi connectivity index (χ1n) is 16.6. The zero-order valence-corrected chi connectivity index (χ0v) is 32.6. The number of likely N-dealkylation sites (N-methyl/N-ethyl adjacent to an activating group) is 1. The highest BCUT2D eigenvalue weighted by Gasteiger charge is 2.70. The van der Waals surface area contributed by atoms with Crippen molar-refractivity contribution >= 4 is 50.9 Å². The summed E-state index contributed by atoms with van der Waals surface area (Å²) >= 11 is 1.08. The van der Waals surface area contributed by atoms with Crippen LogP contribution in [0.25, 0.3) is 0 Å². The fraction of sp³-hybridized carbons (Fsp3) is 0.706. The molecule has 2 heterocycles. The summed E-state index contributed by atoms with van der Waals surface area (Å²) in [6.07, 6.45) is 5.48. The van der Waals surface area contributed by atoms with Crippen molar-refractivity contribution in [1.29, 1.82) is 0 Å². The van der Waals surface area contributed by atoms with Gasteiger partial charge in [-0.05, 0) is 48.3 Å². The molecule has 16 heteroatoms. The first-order chi connectivity index (χ1) is 22.8. The van der Waals surface area contributed by atoms with Gasteiger partial charge in [0.2, 0.25) is 17.6 Å². The molecular formula is C34H53N7O7S2. The van der Waals surface area contributed by atoms with E-state index in [4.69, 9.17) is 12.2 Å². The Labute approximate surface area is 300 Å². The molecule has 50 heavy (non-hydrogen) atoms. The number of nitrogens with zero attached hydrogens (tertiary/aromatic N) is 3. The highest BCUT2D eigenvalue weighted by molar-refractivity contribution is 7.91. The molecule has 0 bridgehead atoms. The Bertz CT molecular complexity index is 1670. The molecule has 2 fully saturated rings. The Morgan fingerprint density at radius 3 is 2.16 bits per heavy atom. The van der Waals surface area contributed by atoms with Crippen LogP contribution in [0, 0.1) is 54.3 Å². The van der Waals surface area contributed by atoms with Gasteiger partial charge in [0.05, 0.1) is 16.7 Å². The number of urea groups is 1. The summed E-state index contributed by atoms with van der Waals surface area (Å²) in [6, 6.07) is -4.65. The average Bonchev–Trinajstić information content (AvgIpc) is 3.29. The molecule has 0 radical (unpaired) electrons. The number of piperidine rings is 1. The molecule has 6 atom stereocenters. The number of nitrogens with two attached hydrogens (primary N) is 1. The van der Waals surface area contributed by atoms with Gasteiger partial charge in [-0.3, -0.25) is 19.2 Å². The molecule has 3 rings (SSSR count). The fourth-order valence-electron chi connectivity index (χ4n) is 6.67. The highest BCUT2D eigenvalue weighted by atomic mass is 32.2. The maximum absolute atomic E-state index is 14.3. The third-order valence-electron chi connectivity index (χ3n) is 9.90. The van der Waals surface area contributed by atoms with Crippen LogP contribution in [0.2, 0.25) is 0 Å². The van der Waals surface area contributed by atoms with E-state index in [1.54, 1.807) is 34.6 Å². The fourth-order valence-corrected chi connectivity index (χ4v) is 9.53. The van der Waals surface area contributed by atoms with E-state index in [0.717, 1.165) is 11.3 Å². The van der Waals surface area contributed by atoms with Gasteiger partial charge in [-0.1, -0.05) is 55.4 Å². The van der Waals surface area contributed by atoms with Gasteiger partial charge < -0.3 is 26.6 Å². The Balaban J connectivity index is 1.84. The lowest BCUT2D eigenvalue weighted by atomic mass is 9.85. The van der Waals surface area contributed by atoms with Gasteiger partial charge in [0.1, 0.15) is 12.1 Å². The van der Waals surface area contributed by atoms with Gasteiger partial charge in [0, 0.05) is 32.6 Å². The molecule has 1 aromatic rings. The number of thiazole rings is 1. The van der Waals surface area contributed by atoms with Crippen molar-refractivity contribution in [2.45, 2.75) is 110 Å². The van der Waals surface area contributed by atoms with E-state index in [9.17, 15) is 32.4 Å². The maximum Gasteiger partial charge on any atom is 0.315 e. The van der Waals surface area contributed by atoms with Crippen molar-refractivity contribution in [3.05, 3.63) is 10.7 Å². The summed E-state index contributed by atoms with van der Waals surface area (Å²) in [5.41, 5.74) is 3.97. The first-order valence-corrected chi connectivity index (χ1v) is 18.9. The summed E-state index contributed by atoms with van der Waals surface area (Å²) in [7, 11) is -2.45. The number of aromatic nitrogens is 1. The Morgan fingerprint density at radius 1 is 1.08 bits per heavy atom. The molecule has 2 aliphatic rings. The third-order valence-corrected chi connectivity index (χ3v) is 13.4. The number of primary amides is 1. The molecule has 1 aromatic heterocycles. The van der Waals surface area contributed by atoms with E-state index in [1.165, 1.54) is 16.3 Å². The summed E-state index contributed by atoms with van der Waals surface area (Å²) in [6.45, 7) is 18.5. The van der Waals surface area contributed by atoms with Gasteiger partial charge in [-0.2, -0.15) is 4.31 Å². The monoisotopic (exact) mass is 735 g/mol. The van der Waals surface area contributed by atoms with E-state index in [0.29, 0.717) is 10.7 Å². The number of fused-ring (bicyclic) bond motifs is 1. The molecule has 1 aliphatic carbocycles. The van der Waals surface area contributed by atoms with Crippen molar-refractivity contribution in [1.82, 2.24) is 30.1 Å². The number of hydrogen-bond donors (Lipinski definition) is 4. The normalized spacial score (nSPS) is 21.7. The molecule has 278 valence electrons. The number of ketones is 1. The van der Waals surface area contributed by atoms with E-state index >= 15 is 0 Å². The predicted molar refractivity (Wildman–Crippen MR) is 190 cm³/mol. The van der Waals surface area contributed by atoms with Crippen LogP contribution in [0.5, 0.6) is 0 Å². The number of Topliss-reactive ketones (excluding diaryl/α,β-unsaturated/α-hetero) is 1. The van der Waals surface area contributed by atoms with E-state index in [2.05, 4.69) is 26.9 Å². The molecule has 1 saturated carbocycles. The minimum Gasteiger partial charge on any atom is -0.363 e. The van der Waals surface area contributed by atoms with Gasteiger partial charge in [0.25, 0.3) is 15.9 Å². The van der Waals surface area contributed by atoms with Gasteiger partial charge in [0.15, 0.2) is 4.21 Å². The van der Waals surface area contributed by atoms with Gasteiger partial charge >= 0.3 is 6.03 Å². The van der Waals surface area contributed by atoms with Crippen LogP contribution in [0.3, 0.4) is 0 Å². The molecule has 5 N–H and O–H groups in total. The summed E-state index contributed by atoms with van der Waals surface area (Å²) < 4.78 is 28.2. The number of terminal acetylenes is 1. The number of hydrogen-bond acceptors (Lipinski definition) is 9. The topological polar surface area (TPSA) is 201 Å². The van der Waals surface area contributed by atoms with Crippen molar-refractivity contribution in [3.8, 4) is 12.3 Å². The third kappa shape index (κ3) is 8.66. The van der Waals surface area contributed by atoms with Crippen molar-refractivity contribution in [2.75, 3.05) is 20.1 Å². The first kappa shape index (κ1) is 40.9. The van der Waals surface area contributed by atoms with Crippen LogP contribution in [0.1, 0.15) is 78.9 Å². The summed E-state index contributed by atoms with van der Waals surface area (Å²) in [5, 5.41) is 8.97. The lowest BCUT2D eigenvalue weighted by Gasteiger charge is -2.39. The Morgan fingerprint density at radius 2 is 1.68 bits per heavy atom. The summed E-state index contributed by atoms with van der Waals surface area (Å²) in [4.78, 5) is 71.8. The number of aryl methyl sites for hydroxylation is 2. The number of carbonyl (C=O) groups excluding carboxylic acids is 5. The van der Waals surface area contributed by atoms with Gasteiger partial charge in [-0.15, -0.1) is 23.7 Å². The van der Waals surface area contributed by atoms with E-state index in [-0.39, 0.29) is 47.4 Å². The van der Waals surface area contributed by atoms with Crippen LogP contribution in [0.15, 0.2) is 4.21 Å². The number of amides is 5. The minimum atomic E-state index is -3.90. The molecule has 1 aliphatic heterocycles. The standard InChI is InChI=1S/C34H53N7O7S2/c1-13-14-15-21(25(42)27(35)43)37-28(44)24-23-20(34(23,10)11)16-41(24)29(45)26(33(7,8)9)39-31(46)38-22(32(4,5)6)17-40(12)50(47,48)30-18(2)36-19(3)49-30/h1,20-24,26H,14-17H2,2-12H3,(H2,35,43)(H,37,44)(H2,38,39,46)/t20-,21?,22+,23-,24-,26+/m0/s1. The molecule has 5 amide bonds. The van der Waals surface area contributed by atoms with E-state index in [1.807, 2.05) is 34.6 Å². The smallest absolute Gasteiger partial charge is 0.315 e. The largest absolute Gasteiger partial charge is 0.363 e. The Hall–Kier alpha value is -3.55. The van der Waals surface area contributed by atoms with Crippen LogP contribution < -0.4 is 21.7 Å². The van der Waals surface area contributed by atoms with Crippen molar-refractivity contribution in [3.63, 3.8) is 0 Å². The zero-order chi connectivity index (χ0) is 38.3. The molecule has 0 aromatic carbocycles. The quantitative estimate of drug-likeness (QED) is 0.174. The van der Waals surface area contributed by atoms with E-state index < -0.39 is 74.6 Å². The number of carbonyl (C=O) groups is 5. The highest BCUT2D eigenvalue weighted by Crippen LogP contribution is 2.65. The second-order valence-electron chi connectivity index (χ2n) is 16.1. The van der Waals surface area contributed by atoms with Crippen LogP contribution in [0.4, 0.5) is 4.79 Å². The lowest BCUT2D eigenvalue weighted by molar-refractivity contribution is -0.145. The average molecular weight is 736 g/mol.